The zero-order chi connectivity index (χ0) is 15.3. The van der Waals surface area contributed by atoms with E-state index >= 15 is 0 Å². The van der Waals surface area contributed by atoms with Gasteiger partial charge in [0.25, 0.3) is 0 Å². The van der Waals surface area contributed by atoms with Crippen molar-refractivity contribution in [2.24, 2.45) is 0 Å². The van der Waals surface area contributed by atoms with Gasteiger partial charge in [-0.1, -0.05) is 6.92 Å². The molecule has 3 N–H and O–H groups in total. The van der Waals surface area contributed by atoms with E-state index in [2.05, 4.69) is 5.32 Å². The number of nitrogens with one attached hydrogen (secondary N) is 1. The highest BCUT2D eigenvalue weighted by atomic mass is 16.4. The highest BCUT2D eigenvalue weighted by molar-refractivity contribution is 5.87. The number of urea groups is 1. The zero-order valence-corrected chi connectivity index (χ0v) is 11.7. The maximum Gasteiger partial charge on any atom is 0.326 e. The summed E-state index contributed by atoms with van der Waals surface area (Å²) < 4.78 is 0. The normalized spacial score (nSPS) is 21.6. The first-order valence-corrected chi connectivity index (χ1v) is 6.57. The van der Waals surface area contributed by atoms with Crippen LogP contribution in [-0.2, 0) is 9.59 Å². The van der Waals surface area contributed by atoms with Gasteiger partial charge < -0.3 is 25.3 Å². The summed E-state index contributed by atoms with van der Waals surface area (Å²) in [6.07, 6.45) is -0.179. The van der Waals surface area contributed by atoms with Crippen molar-refractivity contribution in [3.63, 3.8) is 0 Å². The van der Waals surface area contributed by atoms with Gasteiger partial charge in [0.1, 0.15) is 12.6 Å². The van der Waals surface area contributed by atoms with E-state index in [9.17, 15) is 19.5 Å². The van der Waals surface area contributed by atoms with Gasteiger partial charge in [-0.2, -0.15) is 0 Å². The molecule has 0 bridgehead atoms. The topological polar surface area (TPSA) is 110 Å². The SMILES string of the molecule is CCCN(CC(=O)NC)C(=O)N1C[C@H](O)C[C@H]1C(=O)O. The molecule has 0 radical (unpaired) electrons. The second-order valence-electron chi connectivity index (χ2n) is 4.77. The predicted octanol–water partition coefficient (Wildman–Crippen LogP) is -0.916. The van der Waals surface area contributed by atoms with E-state index in [-0.39, 0.29) is 25.4 Å². The molecule has 0 aromatic carbocycles. The van der Waals surface area contributed by atoms with Crippen LogP contribution >= 0.6 is 0 Å². The molecule has 8 heteroatoms. The zero-order valence-electron chi connectivity index (χ0n) is 11.7. The number of nitrogens with zero attached hydrogens (tertiary/aromatic N) is 2. The standard InChI is InChI=1S/C12H21N3O5/c1-3-4-14(7-10(17)13-2)12(20)15-6-8(16)5-9(15)11(18)19/h8-9,16H,3-7H2,1-2H3,(H,13,17)(H,18,19)/t8-,9+/m1/s1. The third kappa shape index (κ3) is 3.83. The number of aliphatic carboxylic acids is 1. The summed E-state index contributed by atoms with van der Waals surface area (Å²) in [5, 5.41) is 21.1. The van der Waals surface area contributed by atoms with Crippen LogP contribution in [-0.4, -0.2) is 76.7 Å². The molecule has 1 heterocycles. The summed E-state index contributed by atoms with van der Waals surface area (Å²) in [7, 11) is 1.47. The Morgan fingerprint density at radius 1 is 1.40 bits per heavy atom. The molecule has 0 aliphatic carbocycles. The van der Waals surface area contributed by atoms with Gasteiger partial charge in [0.2, 0.25) is 5.91 Å². The molecule has 1 fully saturated rings. The molecule has 2 atom stereocenters. The molecule has 1 aliphatic rings. The van der Waals surface area contributed by atoms with Crippen LogP contribution in [0.5, 0.6) is 0 Å². The van der Waals surface area contributed by atoms with Crippen LogP contribution in [0.15, 0.2) is 0 Å². The number of β-amino-alcohol motifs (C(OH)–C–C–N with tert-alkyl or cyclic N) is 1. The molecular weight excluding hydrogens is 266 g/mol. The average molecular weight is 287 g/mol. The van der Waals surface area contributed by atoms with Gasteiger partial charge >= 0.3 is 12.0 Å². The molecule has 0 saturated carbocycles. The minimum absolute atomic E-state index is 0.0149. The molecule has 20 heavy (non-hydrogen) atoms. The summed E-state index contributed by atoms with van der Waals surface area (Å²) in [5.41, 5.74) is 0. The Morgan fingerprint density at radius 3 is 2.55 bits per heavy atom. The van der Waals surface area contributed by atoms with Crippen LogP contribution in [0.2, 0.25) is 0 Å². The smallest absolute Gasteiger partial charge is 0.326 e. The first-order chi connectivity index (χ1) is 9.40. The van der Waals surface area contributed by atoms with Crippen LogP contribution < -0.4 is 5.32 Å². The molecule has 1 rings (SSSR count). The maximum atomic E-state index is 12.3. The molecule has 1 saturated heterocycles. The van der Waals surface area contributed by atoms with Crippen molar-refractivity contribution in [1.29, 1.82) is 0 Å². The van der Waals surface area contributed by atoms with Crippen molar-refractivity contribution < 1.29 is 24.6 Å². The number of likely N-dealkylation sites (tertiary alicyclic amines) is 1. The fourth-order valence-corrected chi connectivity index (χ4v) is 2.21. The Kier molecular flexibility index (Phi) is 5.75. The van der Waals surface area contributed by atoms with Crippen LogP contribution in [0, 0.1) is 0 Å². The first kappa shape index (κ1) is 16.2. The average Bonchev–Trinajstić information content (AvgIpc) is 2.79. The van der Waals surface area contributed by atoms with E-state index in [1.165, 1.54) is 11.9 Å². The lowest BCUT2D eigenvalue weighted by Crippen LogP contribution is -2.50. The summed E-state index contributed by atoms with van der Waals surface area (Å²) in [4.78, 5) is 37.3. The first-order valence-electron chi connectivity index (χ1n) is 6.57. The van der Waals surface area contributed by atoms with Crippen molar-refractivity contribution in [3.05, 3.63) is 0 Å². The third-order valence-corrected chi connectivity index (χ3v) is 3.19. The van der Waals surface area contributed by atoms with Gasteiger partial charge in [-0.25, -0.2) is 9.59 Å². The summed E-state index contributed by atoms with van der Waals surface area (Å²) in [6, 6.07) is -1.57. The van der Waals surface area contributed by atoms with Gasteiger partial charge in [0.15, 0.2) is 0 Å². The van der Waals surface area contributed by atoms with E-state index in [1.807, 2.05) is 6.92 Å². The van der Waals surface area contributed by atoms with Crippen LogP contribution in [0.1, 0.15) is 19.8 Å². The van der Waals surface area contributed by atoms with Crippen LogP contribution in [0.25, 0.3) is 0 Å². The minimum Gasteiger partial charge on any atom is -0.480 e. The Bertz CT molecular complexity index is 387. The minimum atomic E-state index is -1.15. The highest BCUT2D eigenvalue weighted by Gasteiger charge is 2.40. The van der Waals surface area contributed by atoms with E-state index in [0.717, 1.165) is 4.90 Å². The highest BCUT2D eigenvalue weighted by Crippen LogP contribution is 2.20. The Hall–Kier alpha value is -1.83. The summed E-state index contributed by atoms with van der Waals surface area (Å²) >= 11 is 0. The molecule has 114 valence electrons. The van der Waals surface area contributed by atoms with E-state index in [0.29, 0.717) is 13.0 Å². The van der Waals surface area contributed by atoms with Gasteiger partial charge in [-0.05, 0) is 6.42 Å². The lowest BCUT2D eigenvalue weighted by Gasteiger charge is -2.29. The fraction of sp³-hybridized carbons (Fsp3) is 0.750. The van der Waals surface area contributed by atoms with Crippen molar-refractivity contribution >= 4 is 17.9 Å². The van der Waals surface area contributed by atoms with Gasteiger partial charge in [0.05, 0.1) is 6.10 Å². The Labute approximate surface area is 117 Å². The quantitative estimate of drug-likeness (QED) is 0.606. The van der Waals surface area contributed by atoms with E-state index in [4.69, 9.17) is 5.11 Å². The molecule has 8 nitrogen and oxygen atoms in total. The van der Waals surface area contributed by atoms with E-state index in [1.54, 1.807) is 0 Å². The van der Waals surface area contributed by atoms with Crippen LogP contribution in [0.3, 0.4) is 0 Å². The van der Waals surface area contributed by atoms with Gasteiger partial charge in [0, 0.05) is 26.6 Å². The number of carboxylic acid groups (broad SMARTS) is 1. The molecule has 0 unspecified atom stereocenters. The van der Waals surface area contributed by atoms with Crippen molar-refractivity contribution in [1.82, 2.24) is 15.1 Å². The number of aliphatic hydroxyl groups excluding tert-OH is 1. The molecular formula is C12H21N3O5. The van der Waals surface area contributed by atoms with Crippen molar-refractivity contribution in [2.75, 3.05) is 26.7 Å². The largest absolute Gasteiger partial charge is 0.480 e. The fourth-order valence-electron chi connectivity index (χ4n) is 2.21. The van der Waals surface area contributed by atoms with E-state index < -0.39 is 24.1 Å². The van der Waals surface area contributed by atoms with Gasteiger partial charge in [-0.3, -0.25) is 4.79 Å². The molecule has 0 spiro atoms. The number of likely N-dealkylation sites (N-methyl/N-ethyl adjacent to an activating group) is 1. The summed E-state index contributed by atoms with van der Waals surface area (Å²) in [5.74, 6) is -1.47. The number of hydrogen-bond acceptors (Lipinski definition) is 4. The molecule has 3 amide bonds. The molecule has 1 aliphatic heterocycles. The van der Waals surface area contributed by atoms with Crippen molar-refractivity contribution in [2.45, 2.75) is 31.9 Å². The number of carbonyl (C=O) groups excluding carboxylic acids is 2. The second-order valence-corrected chi connectivity index (χ2v) is 4.77. The Balaban J connectivity index is 2.82. The monoisotopic (exact) mass is 287 g/mol. The third-order valence-electron chi connectivity index (χ3n) is 3.19. The number of carboxylic acids is 1. The van der Waals surface area contributed by atoms with Crippen LogP contribution in [0.4, 0.5) is 4.79 Å². The number of carbonyl (C=O) groups is 3. The number of amides is 3. The molecule has 0 aromatic heterocycles. The lowest BCUT2D eigenvalue weighted by atomic mass is 10.2. The second kappa shape index (κ2) is 7.09. The number of aliphatic hydroxyl groups is 1. The number of rotatable bonds is 5. The Morgan fingerprint density at radius 2 is 2.05 bits per heavy atom. The molecule has 0 aromatic rings. The van der Waals surface area contributed by atoms with Crippen molar-refractivity contribution in [3.8, 4) is 0 Å². The predicted molar refractivity (Wildman–Crippen MR) is 70.1 cm³/mol. The van der Waals surface area contributed by atoms with Gasteiger partial charge in [-0.15, -0.1) is 0 Å². The number of hydrogen-bond donors (Lipinski definition) is 3. The summed E-state index contributed by atoms with van der Waals surface area (Å²) in [6.45, 7) is 2.06. The maximum absolute atomic E-state index is 12.3. The lowest BCUT2D eigenvalue weighted by molar-refractivity contribution is -0.141.